The lowest BCUT2D eigenvalue weighted by molar-refractivity contribution is 0.110. The minimum Gasteiger partial charge on any atom is -0.453 e. The molecule has 2 heterocycles. The van der Waals surface area contributed by atoms with Crippen molar-refractivity contribution in [3.63, 3.8) is 0 Å². The number of rotatable bonds is 7. The summed E-state index contributed by atoms with van der Waals surface area (Å²) < 4.78 is 29.5. The van der Waals surface area contributed by atoms with Gasteiger partial charge in [-0.1, -0.05) is 0 Å². The highest BCUT2D eigenvalue weighted by Crippen LogP contribution is 2.48. The third-order valence-electron chi connectivity index (χ3n) is 3.58. The zero-order valence-corrected chi connectivity index (χ0v) is 14.3. The highest BCUT2D eigenvalue weighted by Gasteiger charge is 2.28. The molecule has 1 aromatic carbocycles. The van der Waals surface area contributed by atoms with Gasteiger partial charge < -0.3 is 18.4 Å². The molecule has 3 rings (SSSR count). The maximum atomic E-state index is 13.1. The number of benzene rings is 1. The average Bonchev–Trinajstić information content (AvgIpc) is 3.23. The summed E-state index contributed by atoms with van der Waals surface area (Å²) >= 11 is 0. The fourth-order valence-corrected chi connectivity index (χ4v) is 4.23. The van der Waals surface area contributed by atoms with Crippen molar-refractivity contribution in [3.8, 4) is 11.3 Å². The monoisotopic (exact) mass is 347 g/mol. The van der Waals surface area contributed by atoms with Crippen molar-refractivity contribution in [3.05, 3.63) is 42.3 Å². The Labute approximate surface area is 139 Å². The Kier molecular flexibility index (Phi) is 4.71. The molecule has 0 unspecified atom stereocenters. The van der Waals surface area contributed by atoms with E-state index in [1.54, 1.807) is 44.3 Å². The Balaban J connectivity index is 2.20. The first-order chi connectivity index (χ1) is 11.6. The molecule has 0 aliphatic heterocycles. The Bertz CT molecular complexity index is 901. The van der Waals surface area contributed by atoms with Crippen molar-refractivity contribution in [1.29, 1.82) is 0 Å². The number of hydrogen-bond acceptors (Lipinski definition) is 5. The van der Waals surface area contributed by atoms with Gasteiger partial charge in [0.1, 0.15) is 5.76 Å². The normalized spacial score (nSPS) is 11.9. The quantitative estimate of drug-likeness (QED) is 0.513. The number of aromatic nitrogens is 1. The van der Waals surface area contributed by atoms with Gasteiger partial charge in [-0.3, -0.25) is 9.36 Å². The summed E-state index contributed by atoms with van der Waals surface area (Å²) in [4.78, 5) is 14.0. The van der Waals surface area contributed by atoms with Gasteiger partial charge in [0.2, 0.25) is 0 Å². The topological polar surface area (TPSA) is 81.5 Å². The second-order valence-corrected chi connectivity index (χ2v) is 7.11. The van der Waals surface area contributed by atoms with E-state index in [2.05, 4.69) is 4.98 Å². The van der Waals surface area contributed by atoms with Crippen LogP contribution in [0.25, 0.3) is 22.2 Å². The largest absolute Gasteiger partial charge is 0.453 e. The molecule has 6 nitrogen and oxygen atoms in total. The number of aldehydes is 1. The van der Waals surface area contributed by atoms with Crippen molar-refractivity contribution in [2.45, 2.75) is 13.8 Å². The van der Waals surface area contributed by atoms with E-state index in [0.717, 1.165) is 16.5 Å². The number of carbonyl (C=O) groups excluding carboxylic acids is 1. The predicted octanol–water partition coefficient (Wildman–Crippen LogP) is 4.13. The van der Waals surface area contributed by atoms with E-state index in [4.69, 9.17) is 13.5 Å². The van der Waals surface area contributed by atoms with Crippen molar-refractivity contribution in [2.75, 3.05) is 13.2 Å². The molecule has 126 valence electrons. The summed E-state index contributed by atoms with van der Waals surface area (Å²) in [6, 6.07) is 8.69. The van der Waals surface area contributed by atoms with E-state index in [1.165, 1.54) is 0 Å². The minimum atomic E-state index is -3.43. The van der Waals surface area contributed by atoms with Crippen molar-refractivity contribution >= 4 is 30.1 Å². The number of furan rings is 1. The van der Waals surface area contributed by atoms with Gasteiger partial charge >= 0.3 is 7.60 Å². The van der Waals surface area contributed by atoms with Gasteiger partial charge in [0.05, 0.1) is 18.5 Å². The number of fused-ring (bicyclic) bond motifs is 1. The molecule has 7 heteroatoms. The highest BCUT2D eigenvalue weighted by atomic mass is 31.2. The Hall–Kier alpha value is -2.14. The average molecular weight is 347 g/mol. The Morgan fingerprint density at radius 2 is 1.92 bits per heavy atom. The van der Waals surface area contributed by atoms with Gasteiger partial charge in [-0.05, 0) is 44.2 Å². The number of aromatic amines is 1. The number of H-pyrrole nitrogens is 1. The maximum absolute atomic E-state index is 13.1. The fourth-order valence-electron chi connectivity index (χ4n) is 2.60. The molecule has 0 aliphatic carbocycles. The first-order valence-corrected chi connectivity index (χ1v) is 9.21. The summed E-state index contributed by atoms with van der Waals surface area (Å²) in [5.41, 5.74) is 1.50. The maximum Gasteiger partial charge on any atom is 0.361 e. The Morgan fingerprint density at radius 1 is 1.17 bits per heavy atom. The summed E-state index contributed by atoms with van der Waals surface area (Å²) in [7, 11) is -3.43. The van der Waals surface area contributed by atoms with Crippen molar-refractivity contribution in [2.24, 2.45) is 0 Å². The van der Waals surface area contributed by atoms with Crippen LogP contribution in [0.15, 0.2) is 40.9 Å². The molecule has 0 spiro atoms. The van der Waals surface area contributed by atoms with Crippen LogP contribution in [-0.4, -0.2) is 24.5 Å². The summed E-state index contributed by atoms with van der Waals surface area (Å²) in [6.45, 7) is 4.07. The number of hydrogen-bond donors (Lipinski definition) is 1. The van der Waals surface area contributed by atoms with E-state index in [0.29, 0.717) is 17.4 Å². The second kappa shape index (κ2) is 6.77. The molecule has 3 aromatic rings. The lowest BCUT2D eigenvalue weighted by Gasteiger charge is -2.18. The first-order valence-electron chi connectivity index (χ1n) is 7.67. The van der Waals surface area contributed by atoms with Crippen LogP contribution in [0.5, 0.6) is 0 Å². The number of carbonyl (C=O) groups is 1. The molecule has 0 radical (unpaired) electrons. The van der Waals surface area contributed by atoms with E-state index in [1.807, 2.05) is 6.07 Å². The molecule has 0 saturated heterocycles. The van der Waals surface area contributed by atoms with E-state index in [-0.39, 0.29) is 19.0 Å². The van der Waals surface area contributed by atoms with Crippen molar-refractivity contribution < 1.29 is 22.8 Å². The first kappa shape index (κ1) is 16.7. The van der Waals surface area contributed by atoms with Gasteiger partial charge in [0, 0.05) is 22.7 Å². The molecule has 0 saturated carbocycles. The summed E-state index contributed by atoms with van der Waals surface area (Å²) in [5.74, 6) is 0.750. The zero-order valence-electron chi connectivity index (χ0n) is 13.4. The van der Waals surface area contributed by atoms with Crippen LogP contribution < -0.4 is 5.30 Å². The SMILES string of the molecule is CCOP(=O)(OCC)c1cc(-c2ccc(C=O)o2)c2cc[nH]c2c1. The third kappa shape index (κ3) is 2.96. The van der Waals surface area contributed by atoms with Gasteiger partial charge in [0.15, 0.2) is 12.0 Å². The molecule has 1 N–H and O–H groups in total. The van der Waals surface area contributed by atoms with Gasteiger partial charge in [-0.25, -0.2) is 0 Å². The highest BCUT2D eigenvalue weighted by molar-refractivity contribution is 7.62. The van der Waals surface area contributed by atoms with Crippen LogP contribution in [0.2, 0.25) is 0 Å². The molecular formula is C17H18NO5P. The molecule has 0 atom stereocenters. The van der Waals surface area contributed by atoms with Crippen molar-refractivity contribution in [1.82, 2.24) is 4.98 Å². The molecule has 2 aromatic heterocycles. The minimum absolute atomic E-state index is 0.233. The van der Waals surface area contributed by atoms with Crippen LogP contribution in [0.4, 0.5) is 0 Å². The standard InChI is InChI=1S/C17H18NO5P/c1-3-21-24(20,22-4-2)13-9-15(14-7-8-18-16(14)10-13)17-6-5-12(11-19)23-17/h5-11,18H,3-4H2,1-2H3. The van der Waals surface area contributed by atoms with Gasteiger partial charge in [-0.2, -0.15) is 0 Å². The van der Waals surface area contributed by atoms with Gasteiger partial charge in [0.25, 0.3) is 0 Å². The summed E-state index contributed by atoms with van der Waals surface area (Å²) in [6.07, 6.45) is 2.43. The lowest BCUT2D eigenvalue weighted by Crippen LogP contribution is -2.11. The van der Waals surface area contributed by atoms with E-state index < -0.39 is 7.60 Å². The molecule has 0 fully saturated rings. The van der Waals surface area contributed by atoms with Crippen LogP contribution in [-0.2, 0) is 13.6 Å². The Morgan fingerprint density at radius 3 is 2.54 bits per heavy atom. The van der Waals surface area contributed by atoms with Crippen LogP contribution >= 0.6 is 7.60 Å². The summed E-state index contributed by atoms with van der Waals surface area (Å²) in [5, 5.41) is 1.34. The third-order valence-corrected chi connectivity index (χ3v) is 5.66. The second-order valence-electron chi connectivity index (χ2n) is 5.09. The van der Waals surface area contributed by atoms with Crippen LogP contribution in [0, 0.1) is 0 Å². The lowest BCUT2D eigenvalue weighted by atomic mass is 10.1. The zero-order chi connectivity index (χ0) is 17.2. The molecule has 24 heavy (non-hydrogen) atoms. The molecule has 0 aliphatic rings. The molecule has 0 amide bonds. The van der Waals surface area contributed by atoms with E-state index in [9.17, 15) is 9.36 Å². The van der Waals surface area contributed by atoms with E-state index >= 15 is 0 Å². The number of nitrogens with one attached hydrogen (secondary N) is 1. The van der Waals surface area contributed by atoms with Crippen LogP contribution in [0.1, 0.15) is 24.4 Å². The molecular weight excluding hydrogens is 329 g/mol. The fraction of sp³-hybridized carbons (Fsp3) is 0.235. The van der Waals surface area contributed by atoms with Gasteiger partial charge in [-0.15, -0.1) is 0 Å². The van der Waals surface area contributed by atoms with Crippen LogP contribution in [0.3, 0.4) is 0 Å². The smallest absolute Gasteiger partial charge is 0.361 e. The predicted molar refractivity (Wildman–Crippen MR) is 91.9 cm³/mol. The molecule has 0 bridgehead atoms.